The number of nitrogens with one attached hydrogen (secondary N) is 1. The molecule has 2 heterocycles. The summed E-state index contributed by atoms with van der Waals surface area (Å²) in [5.74, 6) is 1.56. The van der Waals surface area contributed by atoms with Crippen molar-refractivity contribution in [2.75, 3.05) is 25.1 Å². The minimum Gasteiger partial charge on any atom is -0.496 e. The molecule has 2 aromatic carbocycles. The molecule has 0 fully saturated rings. The smallest absolute Gasteiger partial charge is 0.251 e. The average Bonchev–Trinajstić information content (AvgIpc) is 3.18. The van der Waals surface area contributed by atoms with Crippen LogP contribution in [0, 0.1) is 0 Å². The summed E-state index contributed by atoms with van der Waals surface area (Å²) in [5, 5.41) is 2.99. The van der Waals surface area contributed by atoms with Gasteiger partial charge in [-0.05, 0) is 48.2 Å². The molecule has 0 atom stereocenters. The molecule has 3 aromatic rings. The van der Waals surface area contributed by atoms with Crippen molar-refractivity contribution in [2.45, 2.75) is 12.8 Å². The summed E-state index contributed by atoms with van der Waals surface area (Å²) >= 11 is 0. The lowest BCUT2D eigenvalue weighted by atomic mass is 10.1. The van der Waals surface area contributed by atoms with Crippen molar-refractivity contribution in [3.63, 3.8) is 0 Å². The second kappa shape index (κ2) is 8.13. The van der Waals surface area contributed by atoms with Crippen molar-refractivity contribution < 1.29 is 9.53 Å². The summed E-state index contributed by atoms with van der Waals surface area (Å²) in [5.41, 5.74) is 4.18. The zero-order chi connectivity index (χ0) is 19.3. The number of pyridine rings is 1. The van der Waals surface area contributed by atoms with Crippen LogP contribution >= 0.6 is 0 Å². The molecule has 4 rings (SSSR count). The number of amides is 1. The van der Waals surface area contributed by atoms with Crippen molar-refractivity contribution in [1.29, 1.82) is 0 Å². The van der Waals surface area contributed by atoms with E-state index in [2.05, 4.69) is 33.4 Å². The zero-order valence-corrected chi connectivity index (χ0v) is 15.9. The van der Waals surface area contributed by atoms with Crippen LogP contribution in [-0.2, 0) is 12.8 Å². The van der Waals surface area contributed by atoms with Crippen LogP contribution in [0.5, 0.6) is 5.75 Å². The quantitative estimate of drug-likeness (QED) is 0.715. The number of ether oxygens (including phenoxy) is 1. The summed E-state index contributed by atoms with van der Waals surface area (Å²) < 4.78 is 5.36. The van der Waals surface area contributed by atoms with Gasteiger partial charge in [-0.3, -0.25) is 4.79 Å². The van der Waals surface area contributed by atoms with E-state index in [0.717, 1.165) is 30.1 Å². The second-order valence-electron chi connectivity index (χ2n) is 6.75. The number of carbonyl (C=O) groups is 1. The lowest BCUT2D eigenvalue weighted by Crippen LogP contribution is -2.26. The highest BCUT2D eigenvalue weighted by Gasteiger charge is 2.21. The number of para-hydroxylation sites is 2. The molecule has 1 N–H and O–H groups in total. The Labute approximate surface area is 165 Å². The molecule has 1 amide bonds. The first kappa shape index (κ1) is 18.0. The van der Waals surface area contributed by atoms with Gasteiger partial charge >= 0.3 is 0 Å². The van der Waals surface area contributed by atoms with Gasteiger partial charge in [0.15, 0.2) is 0 Å². The fourth-order valence-electron chi connectivity index (χ4n) is 3.61. The SMILES string of the molecule is COc1ccccc1CCNC(=O)c1ccnc(N2CCc3ccccc32)c1. The molecule has 0 radical (unpaired) electrons. The summed E-state index contributed by atoms with van der Waals surface area (Å²) in [6.07, 6.45) is 3.41. The Kier molecular flexibility index (Phi) is 5.24. The maximum absolute atomic E-state index is 12.6. The molecule has 0 aliphatic carbocycles. The third-order valence-corrected chi connectivity index (χ3v) is 5.04. The molecule has 1 aromatic heterocycles. The van der Waals surface area contributed by atoms with E-state index in [1.165, 1.54) is 11.3 Å². The van der Waals surface area contributed by atoms with Crippen molar-refractivity contribution in [3.05, 3.63) is 83.6 Å². The van der Waals surface area contributed by atoms with Gasteiger partial charge in [-0.25, -0.2) is 4.98 Å². The molecular formula is C23H23N3O2. The summed E-state index contributed by atoms with van der Waals surface area (Å²) in [4.78, 5) is 19.3. The fourth-order valence-corrected chi connectivity index (χ4v) is 3.61. The van der Waals surface area contributed by atoms with Crippen LogP contribution in [-0.4, -0.2) is 31.1 Å². The predicted molar refractivity (Wildman–Crippen MR) is 110 cm³/mol. The van der Waals surface area contributed by atoms with Gasteiger partial charge < -0.3 is 15.0 Å². The van der Waals surface area contributed by atoms with E-state index >= 15 is 0 Å². The molecule has 5 nitrogen and oxygen atoms in total. The molecule has 0 saturated heterocycles. The molecule has 0 saturated carbocycles. The Balaban J connectivity index is 1.42. The number of nitrogens with zero attached hydrogens (tertiary/aromatic N) is 2. The molecule has 0 spiro atoms. The minimum absolute atomic E-state index is 0.0916. The number of carbonyl (C=O) groups excluding carboxylic acids is 1. The highest BCUT2D eigenvalue weighted by Crippen LogP contribution is 2.33. The van der Waals surface area contributed by atoms with Gasteiger partial charge in [-0.15, -0.1) is 0 Å². The number of aromatic nitrogens is 1. The van der Waals surface area contributed by atoms with E-state index in [0.29, 0.717) is 18.5 Å². The number of hydrogen-bond donors (Lipinski definition) is 1. The van der Waals surface area contributed by atoms with Crippen LogP contribution in [0.1, 0.15) is 21.5 Å². The first-order chi connectivity index (χ1) is 13.8. The van der Waals surface area contributed by atoms with Crippen molar-refractivity contribution in [2.24, 2.45) is 0 Å². The average molecular weight is 373 g/mol. The predicted octanol–water partition coefficient (Wildman–Crippen LogP) is 3.76. The van der Waals surface area contributed by atoms with E-state index in [1.54, 1.807) is 19.4 Å². The molecule has 28 heavy (non-hydrogen) atoms. The highest BCUT2D eigenvalue weighted by atomic mass is 16.5. The van der Waals surface area contributed by atoms with Crippen LogP contribution in [0.3, 0.4) is 0 Å². The van der Waals surface area contributed by atoms with Gasteiger partial charge in [-0.2, -0.15) is 0 Å². The number of fused-ring (bicyclic) bond motifs is 1. The Morgan fingerprint density at radius 1 is 1.14 bits per heavy atom. The van der Waals surface area contributed by atoms with E-state index < -0.39 is 0 Å². The fraction of sp³-hybridized carbons (Fsp3) is 0.217. The molecule has 0 bridgehead atoms. The van der Waals surface area contributed by atoms with Gasteiger partial charge in [-0.1, -0.05) is 36.4 Å². The standard InChI is InChI=1S/C23H23N3O2/c1-28-21-9-5-3-7-18(21)10-14-25-23(27)19-11-13-24-22(16-19)26-15-12-17-6-2-4-8-20(17)26/h2-9,11,13,16H,10,12,14-15H2,1H3,(H,25,27). The van der Waals surface area contributed by atoms with E-state index in [1.807, 2.05) is 36.4 Å². The minimum atomic E-state index is -0.0916. The number of methoxy groups -OCH3 is 1. The maximum Gasteiger partial charge on any atom is 0.251 e. The number of rotatable bonds is 6. The van der Waals surface area contributed by atoms with Crippen LogP contribution in [0.2, 0.25) is 0 Å². The molecule has 5 heteroatoms. The monoisotopic (exact) mass is 373 g/mol. The van der Waals surface area contributed by atoms with Gasteiger partial charge in [0, 0.05) is 30.5 Å². The molecule has 0 unspecified atom stereocenters. The number of anilines is 2. The van der Waals surface area contributed by atoms with Crippen LogP contribution in [0.15, 0.2) is 66.9 Å². The van der Waals surface area contributed by atoms with Gasteiger partial charge in [0.05, 0.1) is 7.11 Å². The van der Waals surface area contributed by atoms with E-state index in [9.17, 15) is 4.79 Å². The third kappa shape index (κ3) is 3.69. The normalized spacial score (nSPS) is 12.5. The van der Waals surface area contributed by atoms with Gasteiger partial charge in [0.2, 0.25) is 0 Å². The Bertz CT molecular complexity index is 987. The molecule has 1 aliphatic heterocycles. The summed E-state index contributed by atoms with van der Waals surface area (Å²) in [7, 11) is 1.66. The molecule has 142 valence electrons. The third-order valence-electron chi connectivity index (χ3n) is 5.04. The van der Waals surface area contributed by atoms with Crippen molar-refractivity contribution >= 4 is 17.4 Å². The highest BCUT2D eigenvalue weighted by molar-refractivity contribution is 5.95. The number of hydrogen-bond acceptors (Lipinski definition) is 4. The van der Waals surface area contributed by atoms with Gasteiger partial charge in [0.1, 0.15) is 11.6 Å². The van der Waals surface area contributed by atoms with Gasteiger partial charge in [0.25, 0.3) is 5.91 Å². The zero-order valence-electron chi connectivity index (χ0n) is 15.9. The lowest BCUT2D eigenvalue weighted by molar-refractivity contribution is 0.0954. The Morgan fingerprint density at radius 2 is 1.96 bits per heavy atom. The van der Waals surface area contributed by atoms with Crippen molar-refractivity contribution in [1.82, 2.24) is 10.3 Å². The largest absolute Gasteiger partial charge is 0.496 e. The van der Waals surface area contributed by atoms with Crippen LogP contribution in [0.4, 0.5) is 11.5 Å². The Hall–Kier alpha value is -3.34. The van der Waals surface area contributed by atoms with Crippen LogP contribution in [0.25, 0.3) is 0 Å². The Morgan fingerprint density at radius 3 is 2.86 bits per heavy atom. The van der Waals surface area contributed by atoms with E-state index in [-0.39, 0.29) is 5.91 Å². The summed E-state index contributed by atoms with van der Waals surface area (Å²) in [6.45, 7) is 1.43. The summed E-state index contributed by atoms with van der Waals surface area (Å²) in [6, 6.07) is 19.8. The topological polar surface area (TPSA) is 54.5 Å². The van der Waals surface area contributed by atoms with Crippen molar-refractivity contribution in [3.8, 4) is 5.75 Å². The van der Waals surface area contributed by atoms with Crippen LogP contribution < -0.4 is 15.0 Å². The first-order valence-electron chi connectivity index (χ1n) is 9.48. The molecule has 1 aliphatic rings. The number of benzene rings is 2. The maximum atomic E-state index is 12.6. The molecular weight excluding hydrogens is 350 g/mol. The lowest BCUT2D eigenvalue weighted by Gasteiger charge is -2.18. The van der Waals surface area contributed by atoms with E-state index in [4.69, 9.17) is 4.74 Å². The first-order valence-corrected chi connectivity index (χ1v) is 9.48. The second-order valence-corrected chi connectivity index (χ2v) is 6.75.